The Labute approximate surface area is 167 Å². The lowest BCUT2D eigenvalue weighted by Gasteiger charge is -2.25. The monoisotopic (exact) mass is 396 g/mol. The number of H-pyrrole nitrogens is 1. The zero-order chi connectivity index (χ0) is 19.9. The lowest BCUT2D eigenvalue weighted by molar-refractivity contribution is -0.128. The maximum atomic E-state index is 13.1. The summed E-state index contributed by atoms with van der Waals surface area (Å²) in [6, 6.07) is 15.9. The average Bonchev–Trinajstić information content (AvgIpc) is 3.18. The van der Waals surface area contributed by atoms with E-state index in [1.54, 1.807) is 24.1 Å². The molecule has 7 heteroatoms. The zero-order valence-corrected chi connectivity index (χ0v) is 16.5. The van der Waals surface area contributed by atoms with E-state index in [-0.39, 0.29) is 23.5 Å². The van der Waals surface area contributed by atoms with Crippen LogP contribution in [-0.2, 0) is 4.79 Å². The zero-order valence-electron chi connectivity index (χ0n) is 15.7. The summed E-state index contributed by atoms with van der Waals surface area (Å²) in [6.07, 6.45) is 3.79. The molecule has 0 radical (unpaired) electrons. The number of rotatable bonds is 7. The summed E-state index contributed by atoms with van der Waals surface area (Å²) in [4.78, 5) is 18.5. The molecule has 2 aromatic carbocycles. The smallest absolute Gasteiger partial charge is 0.233 e. The standard InChI is InChI=1S/C21H21FN4OS/c1-15(17-9-11-18(22)12-10-17)26(2)20(27)14-28-21-23-19(24-25-21)13-8-16-6-4-3-5-7-16/h3-13,15H,14H2,1-2H3,(H,23,24,25)/b13-8+. The molecule has 0 spiro atoms. The fraction of sp³-hybridized carbons (Fsp3) is 0.190. The normalized spacial score (nSPS) is 12.2. The average molecular weight is 396 g/mol. The first kappa shape index (κ1) is 19.8. The minimum Gasteiger partial charge on any atom is -0.338 e. The van der Waals surface area contributed by atoms with Gasteiger partial charge in [-0.1, -0.05) is 60.3 Å². The number of carbonyl (C=O) groups excluding carboxylic acids is 1. The van der Waals surface area contributed by atoms with E-state index in [2.05, 4.69) is 15.2 Å². The molecule has 1 N–H and O–H groups in total. The van der Waals surface area contributed by atoms with Gasteiger partial charge in [0, 0.05) is 7.05 Å². The molecule has 0 aliphatic carbocycles. The van der Waals surface area contributed by atoms with Crippen LogP contribution < -0.4 is 0 Å². The molecule has 0 fully saturated rings. The number of halogens is 1. The first-order valence-electron chi connectivity index (χ1n) is 8.82. The SMILES string of the molecule is CC(c1ccc(F)cc1)N(C)C(=O)CSc1n[nH]c(/C=C/c2ccccc2)n1. The Morgan fingerprint density at radius 3 is 2.61 bits per heavy atom. The van der Waals surface area contributed by atoms with Crippen molar-refractivity contribution in [3.63, 3.8) is 0 Å². The van der Waals surface area contributed by atoms with Gasteiger partial charge in [-0.15, -0.1) is 5.10 Å². The number of nitrogens with one attached hydrogen (secondary N) is 1. The fourth-order valence-corrected chi connectivity index (χ4v) is 3.27. The number of carbonyl (C=O) groups is 1. The van der Waals surface area contributed by atoms with Crippen molar-refractivity contribution in [3.8, 4) is 0 Å². The molecule has 0 aliphatic heterocycles. The predicted molar refractivity (Wildman–Crippen MR) is 110 cm³/mol. The van der Waals surface area contributed by atoms with Crippen LogP contribution in [0.25, 0.3) is 12.2 Å². The summed E-state index contributed by atoms with van der Waals surface area (Å²) in [5.41, 5.74) is 1.95. The molecule has 0 bridgehead atoms. The number of benzene rings is 2. The third-order valence-electron chi connectivity index (χ3n) is 4.37. The minimum absolute atomic E-state index is 0.0481. The molecule has 0 saturated carbocycles. The maximum Gasteiger partial charge on any atom is 0.233 e. The van der Waals surface area contributed by atoms with Crippen LogP contribution in [0.2, 0.25) is 0 Å². The summed E-state index contributed by atoms with van der Waals surface area (Å²) < 4.78 is 13.1. The Morgan fingerprint density at radius 1 is 1.18 bits per heavy atom. The molecule has 3 aromatic rings. The van der Waals surface area contributed by atoms with E-state index in [1.807, 2.05) is 49.4 Å². The van der Waals surface area contributed by atoms with Gasteiger partial charge < -0.3 is 4.90 Å². The van der Waals surface area contributed by atoms with Gasteiger partial charge in [0.1, 0.15) is 11.6 Å². The Balaban J connectivity index is 1.53. The molecule has 0 saturated heterocycles. The fourth-order valence-electron chi connectivity index (χ4n) is 2.55. The Kier molecular flexibility index (Phi) is 6.60. The summed E-state index contributed by atoms with van der Waals surface area (Å²) in [5.74, 6) is 0.518. The van der Waals surface area contributed by atoms with Gasteiger partial charge in [-0.25, -0.2) is 9.37 Å². The third-order valence-corrected chi connectivity index (χ3v) is 5.20. The van der Waals surface area contributed by atoms with E-state index >= 15 is 0 Å². The molecule has 1 unspecified atom stereocenters. The van der Waals surface area contributed by atoms with Gasteiger partial charge in [-0.05, 0) is 36.3 Å². The van der Waals surface area contributed by atoms with Crippen molar-refractivity contribution in [1.82, 2.24) is 20.1 Å². The molecule has 5 nitrogen and oxygen atoms in total. The van der Waals surface area contributed by atoms with E-state index in [9.17, 15) is 9.18 Å². The quantitative estimate of drug-likeness (QED) is 0.600. The molecule has 1 amide bonds. The molecular weight excluding hydrogens is 375 g/mol. The molecule has 3 rings (SSSR count). The molecular formula is C21H21FN4OS. The van der Waals surface area contributed by atoms with E-state index < -0.39 is 0 Å². The number of aromatic amines is 1. The van der Waals surface area contributed by atoms with Crippen molar-refractivity contribution < 1.29 is 9.18 Å². The van der Waals surface area contributed by atoms with Crippen molar-refractivity contribution >= 4 is 29.8 Å². The van der Waals surface area contributed by atoms with E-state index in [4.69, 9.17) is 0 Å². The molecule has 28 heavy (non-hydrogen) atoms. The number of nitrogens with zero attached hydrogens (tertiary/aromatic N) is 3. The molecule has 0 aliphatic rings. The van der Waals surface area contributed by atoms with Crippen LogP contribution in [0.15, 0.2) is 59.8 Å². The van der Waals surface area contributed by atoms with Crippen molar-refractivity contribution in [2.75, 3.05) is 12.8 Å². The van der Waals surface area contributed by atoms with Gasteiger partial charge in [0.2, 0.25) is 11.1 Å². The highest BCUT2D eigenvalue weighted by Gasteiger charge is 2.18. The van der Waals surface area contributed by atoms with Gasteiger partial charge in [-0.3, -0.25) is 9.89 Å². The maximum absolute atomic E-state index is 13.1. The highest BCUT2D eigenvalue weighted by atomic mass is 32.2. The highest BCUT2D eigenvalue weighted by Crippen LogP contribution is 2.21. The van der Waals surface area contributed by atoms with Crippen LogP contribution in [0.5, 0.6) is 0 Å². The number of hydrogen-bond donors (Lipinski definition) is 1. The Hall–Kier alpha value is -2.93. The van der Waals surface area contributed by atoms with Crippen LogP contribution >= 0.6 is 11.8 Å². The van der Waals surface area contributed by atoms with Gasteiger partial charge in [0.05, 0.1) is 11.8 Å². The highest BCUT2D eigenvalue weighted by molar-refractivity contribution is 7.99. The van der Waals surface area contributed by atoms with Crippen molar-refractivity contribution in [1.29, 1.82) is 0 Å². The number of amides is 1. The van der Waals surface area contributed by atoms with Gasteiger partial charge in [0.15, 0.2) is 0 Å². The second-order valence-electron chi connectivity index (χ2n) is 6.27. The largest absolute Gasteiger partial charge is 0.338 e. The van der Waals surface area contributed by atoms with Crippen molar-refractivity contribution in [2.24, 2.45) is 0 Å². The number of hydrogen-bond acceptors (Lipinski definition) is 4. The first-order valence-corrected chi connectivity index (χ1v) is 9.81. The first-order chi connectivity index (χ1) is 13.5. The summed E-state index contributed by atoms with van der Waals surface area (Å²) in [6.45, 7) is 1.91. The van der Waals surface area contributed by atoms with Gasteiger partial charge in [-0.2, -0.15) is 0 Å². The lowest BCUT2D eigenvalue weighted by atomic mass is 10.1. The topological polar surface area (TPSA) is 61.9 Å². The van der Waals surface area contributed by atoms with Crippen LogP contribution in [-0.4, -0.2) is 38.8 Å². The summed E-state index contributed by atoms with van der Waals surface area (Å²) in [5, 5.41) is 7.51. The third kappa shape index (κ3) is 5.29. The molecule has 1 heterocycles. The van der Waals surface area contributed by atoms with Crippen LogP contribution in [0, 0.1) is 5.82 Å². The molecule has 1 aromatic heterocycles. The van der Waals surface area contributed by atoms with Crippen LogP contribution in [0.3, 0.4) is 0 Å². The summed E-state index contributed by atoms with van der Waals surface area (Å²) >= 11 is 1.28. The van der Waals surface area contributed by atoms with Gasteiger partial charge in [0.25, 0.3) is 0 Å². The minimum atomic E-state index is -0.290. The van der Waals surface area contributed by atoms with Gasteiger partial charge >= 0.3 is 0 Å². The van der Waals surface area contributed by atoms with Crippen molar-refractivity contribution in [3.05, 3.63) is 77.4 Å². The van der Waals surface area contributed by atoms with E-state index in [0.717, 1.165) is 11.1 Å². The lowest BCUT2D eigenvalue weighted by Crippen LogP contribution is -2.31. The molecule has 144 valence electrons. The van der Waals surface area contributed by atoms with Crippen LogP contribution in [0.1, 0.15) is 29.9 Å². The molecule has 1 atom stereocenters. The second-order valence-corrected chi connectivity index (χ2v) is 7.21. The van der Waals surface area contributed by atoms with E-state index in [0.29, 0.717) is 11.0 Å². The Morgan fingerprint density at radius 2 is 1.89 bits per heavy atom. The predicted octanol–water partition coefficient (Wildman–Crippen LogP) is 4.43. The number of aromatic nitrogens is 3. The van der Waals surface area contributed by atoms with E-state index in [1.165, 1.54) is 23.9 Å². The van der Waals surface area contributed by atoms with Crippen molar-refractivity contribution in [2.45, 2.75) is 18.1 Å². The summed E-state index contributed by atoms with van der Waals surface area (Å²) in [7, 11) is 1.74. The number of thioether (sulfide) groups is 1. The second kappa shape index (κ2) is 9.32. The Bertz CT molecular complexity index is 941. The van der Waals surface area contributed by atoms with Crippen LogP contribution in [0.4, 0.5) is 4.39 Å².